The molecule has 0 radical (unpaired) electrons. The van der Waals surface area contributed by atoms with Gasteiger partial charge in [0.2, 0.25) is 11.8 Å². The first kappa shape index (κ1) is 24.0. The molecule has 32 heavy (non-hydrogen) atoms. The van der Waals surface area contributed by atoms with Gasteiger partial charge in [0.1, 0.15) is 6.04 Å². The van der Waals surface area contributed by atoms with Crippen LogP contribution < -0.4 is 10.6 Å². The quantitative estimate of drug-likeness (QED) is 0.624. The van der Waals surface area contributed by atoms with Crippen LogP contribution in [0.15, 0.2) is 54.6 Å². The maximum absolute atomic E-state index is 12.8. The number of benzene rings is 2. The second kappa shape index (κ2) is 12.4. The molecular weight excluding hydrogens is 398 g/mol. The minimum atomic E-state index is -0.548. The van der Waals surface area contributed by atoms with Gasteiger partial charge in [-0.1, -0.05) is 81.3 Å². The lowest BCUT2D eigenvalue weighted by molar-refractivity contribution is -0.129. The van der Waals surface area contributed by atoms with Crippen LogP contribution in [-0.2, 0) is 29.1 Å². The van der Waals surface area contributed by atoms with Gasteiger partial charge in [0.15, 0.2) is 0 Å². The number of amides is 2. The fraction of sp³-hybridized carbons (Fsp3) is 0.481. The Balaban J connectivity index is 1.48. The Labute approximate surface area is 192 Å². The fourth-order valence-electron chi connectivity index (χ4n) is 4.15. The van der Waals surface area contributed by atoms with E-state index in [0.29, 0.717) is 6.54 Å². The van der Waals surface area contributed by atoms with E-state index in [0.717, 1.165) is 17.7 Å². The third-order valence-corrected chi connectivity index (χ3v) is 6.07. The highest BCUT2D eigenvalue weighted by atomic mass is 16.2. The summed E-state index contributed by atoms with van der Waals surface area (Å²) in [5, 5.41) is 5.90. The summed E-state index contributed by atoms with van der Waals surface area (Å²) in [4.78, 5) is 27.7. The first-order valence-electron chi connectivity index (χ1n) is 11.9. The molecule has 0 spiro atoms. The number of nitrogens with zero attached hydrogens (tertiary/aromatic N) is 1. The number of carbonyl (C=O) groups is 2. The Kier molecular flexibility index (Phi) is 9.29. The summed E-state index contributed by atoms with van der Waals surface area (Å²) >= 11 is 0. The molecular formula is C27H37N3O2. The van der Waals surface area contributed by atoms with Crippen LogP contribution in [-0.4, -0.2) is 35.8 Å². The molecule has 1 fully saturated rings. The second-order valence-electron chi connectivity index (χ2n) is 9.18. The number of nitrogens with one attached hydrogen (secondary N) is 2. The highest BCUT2D eigenvalue weighted by molar-refractivity contribution is 5.88. The highest BCUT2D eigenvalue weighted by Gasteiger charge is 2.24. The predicted molar refractivity (Wildman–Crippen MR) is 129 cm³/mol. The minimum Gasteiger partial charge on any atom is -0.350 e. The van der Waals surface area contributed by atoms with E-state index in [4.69, 9.17) is 0 Å². The van der Waals surface area contributed by atoms with Gasteiger partial charge in [-0.3, -0.25) is 14.5 Å². The molecule has 0 bridgehead atoms. The van der Waals surface area contributed by atoms with Gasteiger partial charge in [-0.25, -0.2) is 0 Å². The lowest BCUT2D eigenvalue weighted by Crippen LogP contribution is -2.49. The van der Waals surface area contributed by atoms with E-state index < -0.39 is 6.04 Å². The normalized spacial score (nSPS) is 15.7. The van der Waals surface area contributed by atoms with Crippen LogP contribution in [0.1, 0.15) is 56.2 Å². The number of likely N-dealkylation sites (tertiary alicyclic amines) is 1. The molecule has 0 aliphatic carbocycles. The minimum absolute atomic E-state index is 0.00530. The lowest BCUT2D eigenvalue weighted by Gasteiger charge is -2.22. The van der Waals surface area contributed by atoms with Gasteiger partial charge in [0.05, 0.1) is 6.42 Å². The van der Waals surface area contributed by atoms with Crippen LogP contribution in [0.25, 0.3) is 0 Å². The van der Waals surface area contributed by atoms with Gasteiger partial charge in [-0.15, -0.1) is 0 Å². The van der Waals surface area contributed by atoms with Gasteiger partial charge >= 0.3 is 0 Å². The zero-order valence-electron chi connectivity index (χ0n) is 19.5. The molecule has 3 rings (SSSR count). The SMILES string of the molecule is CC(C)C(NC(=O)Cc1ccccc1)C(=O)NCc1ccc(CN2CCCCCC2)cc1. The topological polar surface area (TPSA) is 61.4 Å². The highest BCUT2D eigenvalue weighted by Crippen LogP contribution is 2.14. The van der Waals surface area contributed by atoms with Crippen molar-refractivity contribution in [3.8, 4) is 0 Å². The molecule has 1 aliphatic heterocycles. The average molecular weight is 436 g/mol. The van der Waals surface area contributed by atoms with Crippen molar-refractivity contribution < 1.29 is 9.59 Å². The summed E-state index contributed by atoms with van der Waals surface area (Å²) in [6, 6.07) is 17.5. The predicted octanol–water partition coefficient (Wildman–Crippen LogP) is 4.06. The van der Waals surface area contributed by atoms with Crippen LogP contribution in [0.4, 0.5) is 0 Å². The molecule has 1 saturated heterocycles. The van der Waals surface area contributed by atoms with Gasteiger partial charge in [-0.05, 0) is 48.5 Å². The van der Waals surface area contributed by atoms with Crippen LogP contribution in [0.3, 0.4) is 0 Å². The first-order chi connectivity index (χ1) is 15.5. The van der Waals surface area contributed by atoms with E-state index >= 15 is 0 Å². The number of hydrogen-bond donors (Lipinski definition) is 2. The zero-order chi connectivity index (χ0) is 22.8. The van der Waals surface area contributed by atoms with Gasteiger partial charge in [0.25, 0.3) is 0 Å². The summed E-state index contributed by atoms with van der Waals surface area (Å²) < 4.78 is 0. The van der Waals surface area contributed by atoms with Crippen molar-refractivity contribution in [1.29, 1.82) is 0 Å². The third-order valence-electron chi connectivity index (χ3n) is 6.07. The molecule has 5 nitrogen and oxygen atoms in total. The zero-order valence-corrected chi connectivity index (χ0v) is 19.5. The van der Waals surface area contributed by atoms with E-state index in [2.05, 4.69) is 39.8 Å². The first-order valence-corrected chi connectivity index (χ1v) is 11.9. The van der Waals surface area contributed by atoms with E-state index in [1.54, 1.807) is 0 Å². The van der Waals surface area contributed by atoms with Crippen molar-refractivity contribution in [2.75, 3.05) is 13.1 Å². The van der Waals surface area contributed by atoms with E-state index in [1.165, 1.54) is 44.3 Å². The molecule has 1 atom stereocenters. The lowest BCUT2D eigenvalue weighted by atomic mass is 10.0. The van der Waals surface area contributed by atoms with E-state index in [9.17, 15) is 9.59 Å². The van der Waals surface area contributed by atoms with Crippen molar-refractivity contribution in [2.24, 2.45) is 5.92 Å². The van der Waals surface area contributed by atoms with Crippen molar-refractivity contribution in [3.05, 3.63) is 71.3 Å². The fourth-order valence-corrected chi connectivity index (χ4v) is 4.15. The van der Waals surface area contributed by atoms with E-state index in [-0.39, 0.29) is 24.2 Å². The second-order valence-corrected chi connectivity index (χ2v) is 9.18. The van der Waals surface area contributed by atoms with Gasteiger partial charge in [0, 0.05) is 13.1 Å². The van der Waals surface area contributed by atoms with Crippen molar-refractivity contribution >= 4 is 11.8 Å². The Morgan fingerprint density at radius 3 is 2.09 bits per heavy atom. The summed E-state index contributed by atoms with van der Waals surface area (Å²) in [7, 11) is 0. The molecule has 1 heterocycles. The van der Waals surface area contributed by atoms with Gasteiger partial charge in [-0.2, -0.15) is 0 Å². The Morgan fingerprint density at radius 1 is 0.844 bits per heavy atom. The Hall–Kier alpha value is -2.66. The summed E-state index contributed by atoms with van der Waals surface area (Å²) in [5.41, 5.74) is 3.32. The molecule has 2 aromatic carbocycles. The number of hydrogen-bond acceptors (Lipinski definition) is 3. The van der Waals surface area contributed by atoms with Crippen molar-refractivity contribution in [3.63, 3.8) is 0 Å². The molecule has 0 aromatic heterocycles. The van der Waals surface area contributed by atoms with Crippen LogP contribution >= 0.6 is 0 Å². The van der Waals surface area contributed by atoms with Crippen LogP contribution in [0.2, 0.25) is 0 Å². The molecule has 0 saturated carbocycles. The number of rotatable bonds is 9. The smallest absolute Gasteiger partial charge is 0.243 e. The summed E-state index contributed by atoms with van der Waals surface area (Å²) in [6.45, 7) is 7.72. The average Bonchev–Trinajstić information content (AvgIpc) is 3.06. The Morgan fingerprint density at radius 2 is 1.47 bits per heavy atom. The molecule has 2 N–H and O–H groups in total. The van der Waals surface area contributed by atoms with Crippen LogP contribution in [0.5, 0.6) is 0 Å². The molecule has 2 aromatic rings. The molecule has 5 heteroatoms. The monoisotopic (exact) mass is 435 g/mol. The maximum Gasteiger partial charge on any atom is 0.243 e. The summed E-state index contributed by atoms with van der Waals surface area (Å²) in [5.74, 6) is -0.274. The largest absolute Gasteiger partial charge is 0.350 e. The molecule has 1 unspecified atom stereocenters. The molecule has 1 aliphatic rings. The maximum atomic E-state index is 12.8. The van der Waals surface area contributed by atoms with Crippen LogP contribution in [0, 0.1) is 5.92 Å². The van der Waals surface area contributed by atoms with Gasteiger partial charge < -0.3 is 10.6 Å². The standard InChI is InChI=1S/C27H37N3O2/c1-21(2)26(29-25(31)18-22-10-6-5-7-11-22)27(32)28-19-23-12-14-24(15-13-23)20-30-16-8-3-4-9-17-30/h5-7,10-15,21,26H,3-4,8-9,16-20H2,1-2H3,(H,28,32)(H,29,31). The molecule has 172 valence electrons. The number of carbonyl (C=O) groups excluding carboxylic acids is 2. The van der Waals surface area contributed by atoms with Crippen molar-refractivity contribution in [2.45, 2.75) is 65.1 Å². The summed E-state index contributed by atoms with van der Waals surface area (Å²) in [6.07, 6.45) is 5.56. The Bertz CT molecular complexity index is 841. The van der Waals surface area contributed by atoms with E-state index in [1.807, 2.05) is 44.2 Å². The third kappa shape index (κ3) is 7.79. The molecule has 2 amide bonds. The van der Waals surface area contributed by atoms with Crippen molar-refractivity contribution in [1.82, 2.24) is 15.5 Å².